The van der Waals surface area contributed by atoms with Crippen LogP contribution in [0, 0.1) is 0 Å². The molecule has 1 radical (unpaired) electrons. The predicted molar refractivity (Wildman–Crippen MR) is 50.9 cm³/mol. The Morgan fingerprint density at radius 2 is 2.38 bits per heavy atom. The van der Waals surface area contributed by atoms with Crippen LogP contribution in [-0.2, 0) is 46.5 Å². The van der Waals surface area contributed by atoms with Crippen LogP contribution in [0.2, 0.25) is 0 Å². The third kappa shape index (κ3) is 5.11. The van der Waals surface area contributed by atoms with Crippen LogP contribution >= 0.6 is 0 Å². The predicted octanol–water partition coefficient (Wildman–Crippen LogP) is -0.0437. The Kier molecular flexibility index (Phi) is 6.83. The minimum atomic E-state index is -0.290. The van der Waals surface area contributed by atoms with Crippen molar-refractivity contribution in [2.45, 2.75) is 0 Å². The Morgan fingerprint density at radius 3 is 2.75 bits per heavy atom. The fourth-order valence-electron chi connectivity index (χ4n) is 0.0702. The molecule has 45 valence electrons. The summed E-state index contributed by atoms with van der Waals surface area (Å²) >= 11 is 4.84. The van der Waals surface area contributed by atoms with E-state index in [9.17, 15) is 0 Å². The number of hydrogen-bond acceptors (Lipinski definition) is 2. The first-order valence-electron chi connectivity index (χ1n) is 1.53. The molecule has 0 bridgehead atoms. The molecule has 0 aromatic carbocycles. The standard InChI is InChI=1S/CH3BNS5/c1-3-8(4)7-6-5-2/h1H3. The molecule has 0 fully saturated rings. The van der Waals surface area contributed by atoms with Gasteiger partial charge in [0.25, 0.3) is 0 Å². The summed E-state index contributed by atoms with van der Waals surface area (Å²) in [5.41, 5.74) is 0. The van der Waals surface area contributed by atoms with E-state index in [1.807, 2.05) is 0 Å². The average molecular weight is 200 g/mol. The Morgan fingerprint density at radius 1 is 1.75 bits per heavy atom. The second kappa shape index (κ2) is 6.09. The molecule has 0 aromatic heterocycles. The van der Waals surface area contributed by atoms with Gasteiger partial charge in [-0.3, -0.25) is 0 Å². The van der Waals surface area contributed by atoms with Crippen LogP contribution in [0.1, 0.15) is 0 Å². The van der Waals surface area contributed by atoms with Crippen molar-refractivity contribution in [3.05, 3.63) is 0 Å². The van der Waals surface area contributed by atoms with Gasteiger partial charge in [-0.2, -0.15) is 0 Å². The summed E-state index contributed by atoms with van der Waals surface area (Å²) in [7, 11) is 5.60. The summed E-state index contributed by atoms with van der Waals surface area (Å²) in [5, 5.41) is 0. The summed E-state index contributed by atoms with van der Waals surface area (Å²) in [6.07, 6.45) is 0. The second-order valence-corrected chi connectivity index (χ2v) is 8.27. The molecule has 0 saturated heterocycles. The molecule has 0 aliphatic rings. The van der Waals surface area contributed by atoms with Gasteiger partial charge in [0.1, 0.15) is 0 Å². The van der Waals surface area contributed by atoms with Gasteiger partial charge in [0.15, 0.2) is 0 Å². The molecule has 0 spiro atoms. The van der Waals surface area contributed by atoms with Crippen molar-refractivity contribution in [1.29, 1.82) is 0 Å². The molecule has 0 atom stereocenters. The van der Waals surface area contributed by atoms with E-state index < -0.39 is 0 Å². The van der Waals surface area contributed by atoms with E-state index in [4.69, 9.17) is 17.9 Å². The molecule has 0 unspecified atom stereocenters. The van der Waals surface area contributed by atoms with Crippen molar-refractivity contribution in [2.75, 3.05) is 7.05 Å². The summed E-state index contributed by atoms with van der Waals surface area (Å²) in [5.74, 6) is 0. The van der Waals surface area contributed by atoms with Crippen molar-refractivity contribution < 1.29 is 0 Å². The normalized spacial score (nSPS) is 7.00. The summed E-state index contributed by atoms with van der Waals surface area (Å²) in [6.45, 7) is 5.11. The van der Waals surface area contributed by atoms with Crippen molar-refractivity contribution >= 4 is 53.2 Å². The maximum atomic E-state index is 5.11. The van der Waals surface area contributed by atoms with Crippen LogP contribution < -0.4 is 0 Å². The monoisotopic (exact) mass is 200 g/mol. The molecule has 0 saturated carbocycles. The van der Waals surface area contributed by atoms with Gasteiger partial charge in [0.2, 0.25) is 0 Å². The molecule has 1 nitrogen and oxygen atoms in total. The van der Waals surface area contributed by atoms with Crippen LogP contribution in [-0.4, -0.2) is 13.8 Å². The zero-order valence-electron chi connectivity index (χ0n) is 4.07. The third-order valence-electron chi connectivity index (χ3n) is 0.274. The van der Waals surface area contributed by atoms with Gasteiger partial charge in [-0.15, -0.1) is 0 Å². The fraction of sp³-hybridized carbons (Fsp3) is 1.00. The molecule has 8 heavy (non-hydrogen) atoms. The maximum absolute atomic E-state index is 5.11. The van der Waals surface area contributed by atoms with E-state index in [0.29, 0.717) is 0 Å². The van der Waals surface area contributed by atoms with E-state index >= 15 is 0 Å². The summed E-state index contributed by atoms with van der Waals surface area (Å²) in [6, 6.07) is 0. The Bertz CT molecular complexity index is 282. The molecule has 0 N–H and O–H groups in total. The number of hydrogen-bond donors (Lipinski definition) is 0. The molecule has 0 amide bonds. The van der Waals surface area contributed by atoms with Crippen LogP contribution in [0.15, 0.2) is 4.36 Å². The molecule has 0 heterocycles. The van der Waals surface area contributed by atoms with Crippen LogP contribution in [0.3, 0.4) is 0 Å². The average Bonchev–Trinajstić information content (AvgIpc) is 1.83. The van der Waals surface area contributed by atoms with Gasteiger partial charge < -0.3 is 0 Å². The fourth-order valence-corrected chi connectivity index (χ4v) is 5.88. The van der Waals surface area contributed by atoms with E-state index in [2.05, 4.69) is 4.36 Å². The minimum absolute atomic E-state index is 0.290. The Labute approximate surface area is 64.3 Å². The van der Waals surface area contributed by atoms with Gasteiger partial charge in [-0.25, -0.2) is 0 Å². The number of nitrogens with zero attached hydrogens (tertiary/aromatic N) is 1. The van der Waals surface area contributed by atoms with Gasteiger partial charge in [0, 0.05) is 0 Å². The molecule has 0 rings (SSSR count). The third-order valence-corrected chi connectivity index (χ3v) is 7.72. The van der Waals surface area contributed by atoms with Gasteiger partial charge in [0.05, 0.1) is 0 Å². The van der Waals surface area contributed by atoms with E-state index in [-0.39, 0.29) is 7.81 Å². The van der Waals surface area contributed by atoms with E-state index in [0.717, 1.165) is 0 Å². The topological polar surface area (TPSA) is 12.4 Å². The van der Waals surface area contributed by atoms with Crippen molar-refractivity contribution in [3.63, 3.8) is 0 Å². The van der Waals surface area contributed by atoms with Crippen molar-refractivity contribution in [3.8, 4) is 0 Å². The molecule has 0 aliphatic heterocycles. The van der Waals surface area contributed by atoms with Crippen LogP contribution in [0.25, 0.3) is 0 Å². The van der Waals surface area contributed by atoms with Crippen molar-refractivity contribution in [1.82, 2.24) is 0 Å². The first-order valence-corrected chi connectivity index (χ1v) is 7.70. The number of rotatable bonds is 0. The van der Waals surface area contributed by atoms with Gasteiger partial charge in [-0.1, -0.05) is 0 Å². The second-order valence-electron chi connectivity index (χ2n) is 0.632. The molecule has 7 heteroatoms. The zero-order valence-corrected chi connectivity index (χ0v) is 8.15. The van der Waals surface area contributed by atoms with E-state index in [1.165, 1.54) is 27.5 Å². The van der Waals surface area contributed by atoms with Gasteiger partial charge >= 0.3 is 64.6 Å². The summed E-state index contributed by atoms with van der Waals surface area (Å²) < 4.78 is 3.84. The molecular weight excluding hydrogens is 197 g/mol. The quantitative estimate of drug-likeness (QED) is 0.500. The van der Waals surface area contributed by atoms with E-state index in [1.54, 1.807) is 7.05 Å². The van der Waals surface area contributed by atoms with Crippen molar-refractivity contribution in [2.24, 2.45) is 4.36 Å². The molecule has 0 aromatic rings. The SMILES string of the molecule is [B]=S=S=S=S(=S)=NC. The first-order chi connectivity index (χ1) is 3.81. The summed E-state index contributed by atoms with van der Waals surface area (Å²) in [4.78, 5) is 0. The van der Waals surface area contributed by atoms with Gasteiger partial charge in [-0.05, 0) is 0 Å². The Balaban J connectivity index is 5.33. The Hall–Kier alpha value is 0.965. The first kappa shape index (κ1) is 8.96. The van der Waals surface area contributed by atoms with Crippen LogP contribution in [0.5, 0.6) is 0 Å². The molecular formula is CH3BNS5. The molecule has 0 aliphatic carbocycles. The van der Waals surface area contributed by atoms with Crippen LogP contribution in [0.4, 0.5) is 0 Å². The zero-order chi connectivity index (χ0) is 6.41.